The van der Waals surface area contributed by atoms with Gasteiger partial charge in [-0.3, -0.25) is 0 Å². The molecule has 7 nitrogen and oxygen atoms in total. The molecule has 1 aromatic carbocycles. The van der Waals surface area contributed by atoms with Crippen LogP contribution in [-0.2, 0) is 6.42 Å². The molecule has 2 bridgehead atoms. The number of piperidine rings is 1. The molecule has 2 N–H and O–H groups in total. The maximum atomic E-state index is 14.0. The largest absolute Gasteiger partial charge is 0.507 e. The lowest BCUT2D eigenvalue weighted by Crippen LogP contribution is -2.49. The third-order valence-electron chi connectivity index (χ3n) is 6.64. The van der Waals surface area contributed by atoms with Gasteiger partial charge >= 0.3 is 0 Å². The highest BCUT2D eigenvalue weighted by Gasteiger charge is 2.53. The molecule has 2 fully saturated rings. The fourth-order valence-corrected chi connectivity index (χ4v) is 4.77. The number of phenols is 1. The highest BCUT2D eigenvalue weighted by molar-refractivity contribution is 5.69. The van der Waals surface area contributed by atoms with Gasteiger partial charge in [-0.2, -0.15) is 0 Å². The summed E-state index contributed by atoms with van der Waals surface area (Å²) in [6.07, 6.45) is 5.43. The third-order valence-corrected chi connectivity index (χ3v) is 6.64. The molecule has 0 spiro atoms. The molecule has 2 aromatic heterocycles. The predicted octanol–water partition coefficient (Wildman–Crippen LogP) is 3.56. The lowest BCUT2D eigenvalue weighted by molar-refractivity contribution is -0.0128. The molecule has 9 heteroatoms. The van der Waals surface area contributed by atoms with Gasteiger partial charge in [0.05, 0.1) is 29.4 Å². The van der Waals surface area contributed by atoms with Gasteiger partial charge in [0.15, 0.2) is 5.82 Å². The molecule has 0 saturated carbocycles. The number of alkyl halides is 2. The van der Waals surface area contributed by atoms with E-state index in [0.29, 0.717) is 29.9 Å². The maximum Gasteiger partial charge on any atom is 0.264 e. The zero-order valence-electron chi connectivity index (χ0n) is 18.0. The van der Waals surface area contributed by atoms with Crippen LogP contribution in [0.5, 0.6) is 5.75 Å². The molecule has 32 heavy (non-hydrogen) atoms. The molecule has 3 aromatic rings. The average Bonchev–Trinajstić information content (AvgIpc) is 3.35. The van der Waals surface area contributed by atoms with Crippen molar-refractivity contribution in [3.8, 4) is 22.7 Å². The number of halogens is 2. The van der Waals surface area contributed by atoms with Crippen LogP contribution in [0.4, 0.5) is 14.6 Å². The summed E-state index contributed by atoms with van der Waals surface area (Å²) in [6, 6.07) is 8.02. The first-order valence-electron chi connectivity index (χ1n) is 10.9. The normalized spacial score (nSPS) is 23.9. The molecule has 0 amide bonds. The molecule has 2 saturated heterocycles. The summed E-state index contributed by atoms with van der Waals surface area (Å²) in [5.41, 5.74) is 2.90. The second-order valence-electron chi connectivity index (χ2n) is 8.72. The number of imidazole rings is 1. The smallest absolute Gasteiger partial charge is 0.264 e. The highest BCUT2D eigenvalue weighted by Crippen LogP contribution is 2.40. The molecular formula is C23H26F2N6O. The lowest BCUT2D eigenvalue weighted by atomic mass is 9.98. The summed E-state index contributed by atoms with van der Waals surface area (Å²) in [5, 5.41) is 22.2. The Bertz CT molecular complexity index is 1120. The molecule has 168 valence electrons. The number of aromatic nitrogens is 4. The Morgan fingerprint density at radius 2 is 2.06 bits per heavy atom. The summed E-state index contributed by atoms with van der Waals surface area (Å²) >= 11 is 0. The quantitative estimate of drug-likeness (QED) is 0.632. The van der Waals surface area contributed by atoms with Crippen molar-refractivity contribution in [3.63, 3.8) is 0 Å². The molecule has 2 aliphatic rings. The summed E-state index contributed by atoms with van der Waals surface area (Å²) in [6.45, 7) is 2.04. The van der Waals surface area contributed by atoms with Crippen LogP contribution in [0.3, 0.4) is 0 Å². The summed E-state index contributed by atoms with van der Waals surface area (Å²) in [7, 11) is 1.87. The van der Waals surface area contributed by atoms with Crippen LogP contribution in [0.2, 0.25) is 0 Å². The SMILES string of the molecule is CCc1cn(-c2ccc(-c3ccc(N(C)[C@H]4CC5CC(F)(F)C(C4)N5)nn3)c(O)c2)cn1. The number of anilines is 1. The zero-order valence-corrected chi connectivity index (χ0v) is 18.0. The monoisotopic (exact) mass is 440 g/mol. The summed E-state index contributed by atoms with van der Waals surface area (Å²) < 4.78 is 29.9. The second kappa shape index (κ2) is 7.81. The molecule has 0 aliphatic carbocycles. The van der Waals surface area contributed by atoms with Crippen LogP contribution in [-0.4, -0.2) is 56.0 Å². The van der Waals surface area contributed by atoms with Crippen molar-refractivity contribution in [2.45, 2.75) is 56.7 Å². The standard InChI is InChI=1S/C23H26F2N6O/c1-3-14-12-31(13-26-14)16-4-5-18(20(32)9-16)19-6-7-22(29-28-19)30(2)17-8-15-11-23(24,25)21(10-17)27-15/h4-7,9,12-13,15,17,21,27,32H,3,8,10-11H2,1-2H3/t15?,17-,21?/m0/s1. The van der Waals surface area contributed by atoms with E-state index in [1.807, 2.05) is 41.8 Å². The van der Waals surface area contributed by atoms with Crippen molar-refractivity contribution < 1.29 is 13.9 Å². The number of aryl methyl sites for hydroxylation is 1. The van der Waals surface area contributed by atoms with E-state index in [1.54, 1.807) is 24.5 Å². The number of rotatable bonds is 5. The van der Waals surface area contributed by atoms with Gasteiger partial charge in [-0.15, -0.1) is 10.2 Å². The summed E-state index contributed by atoms with van der Waals surface area (Å²) in [4.78, 5) is 6.25. The van der Waals surface area contributed by atoms with Crippen molar-refractivity contribution >= 4 is 5.82 Å². The van der Waals surface area contributed by atoms with E-state index < -0.39 is 12.0 Å². The Balaban J connectivity index is 1.32. The third kappa shape index (κ3) is 3.70. The first kappa shape index (κ1) is 20.8. The molecule has 0 radical (unpaired) electrons. The van der Waals surface area contributed by atoms with Crippen LogP contribution in [0.25, 0.3) is 16.9 Å². The molecule has 2 unspecified atom stereocenters. The van der Waals surface area contributed by atoms with Gasteiger partial charge in [-0.1, -0.05) is 6.92 Å². The van der Waals surface area contributed by atoms with Crippen LogP contribution in [0.1, 0.15) is 31.9 Å². The summed E-state index contributed by atoms with van der Waals surface area (Å²) in [5.74, 6) is -1.92. The molecule has 2 aliphatic heterocycles. The Kier molecular flexibility index (Phi) is 5.08. The first-order chi connectivity index (χ1) is 15.3. The Morgan fingerprint density at radius 3 is 2.72 bits per heavy atom. The number of hydrogen-bond donors (Lipinski definition) is 2. The van der Waals surface area contributed by atoms with Gasteiger partial charge in [-0.05, 0) is 43.5 Å². The van der Waals surface area contributed by atoms with E-state index in [-0.39, 0.29) is 24.3 Å². The minimum atomic E-state index is -2.64. The fourth-order valence-electron chi connectivity index (χ4n) is 4.77. The van der Waals surface area contributed by atoms with E-state index in [2.05, 4.69) is 20.5 Å². The van der Waals surface area contributed by atoms with Crippen LogP contribution in [0.15, 0.2) is 42.9 Å². The number of hydrogen-bond acceptors (Lipinski definition) is 6. The van der Waals surface area contributed by atoms with Crippen molar-refractivity contribution in [1.82, 2.24) is 25.1 Å². The topological polar surface area (TPSA) is 79.1 Å². The molecule has 4 heterocycles. The Labute approximate surface area is 185 Å². The highest BCUT2D eigenvalue weighted by atomic mass is 19.3. The van der Waals surface area contributed by atoms with Gasteiger partial charge in [0.25, 0.3) is 5.92 Å². The van der Waals surface area contributed by atoms with Crippen molar-refractivity contribution in [1.29, 1.82) is 0 Å². The number of aromatic hydroxyl groups is 1. The van der Waals surface area contributed by atoms with Crippen molar-refractivity contribution in [2.24, 2.45) is 0 Å². The van der Waals surface area contributed by atoms with Crippen molar-refractivity contribution in [3.05, 3.63) is 48.5 Å². The Hall–Kier alpha value is -3.07. The minimum Gasteiger partial charge on any atom is -0.507 e. The average molecular weight is 440 g/mol. The van der Waals surface area contributed by atoms with Crippen molar-refractivity contribution in [2.75, 3.05) is 11.9 Å². The number of nitrogens with zero attached hydrogens (tertiary/aromatic N) is 5. The van der Waals surface area contributed by atoms with E-state index in [9.17, 15) is 13.9 Å². The van der Waals surface area contributed by atoms with E-state index >= 15 is 0 Å². The van der Waals surface area contributed by atoms with Gasteiger partial charge in [-0.25, -0.2) is 13.8 Å². The van der Waals surface area contributed by atoms with Crippen LogP contribution >= 0.6 is 0 Å². The van der Waals surface area contributed by atoms with Crippen LogP contribution < -0.4 is 10.2 Å². The van der Waals surface area contributed by atoms with Crippen LogP contribution in [0, 0.1) is 0 Å². The fraction of sp³-hybridized carbons (Fsp3) is 0.435. The molecular weight excluding hydrogens is 414 g/mol. The zero-order chi connectivity index (χ0) is 22.5. The van der Waals surface area contributed by atoms with E-state index in [1.165, 1.54) is 0 Å². The second-order valence-corrected chi connectivity index (χ2v) is 8.72. The van der Waals surface area contributed by atoms with Gasteiger partial charge in [0, 0.05) is 43.4 Å². The molecule has 3 atom stereocenters. The minimum absolute atomic E-state index is 0.0179. The van der Waals surface area contributed by atoms with Gasteiger partial charge in [0.2, 0.25) is 0 Å². The van der Waals surface area contributed by atoms with Gasteiger partial charge in [0.1, 0.15) is 5.75 Å². The Morgan fingerprint density at radius 1 is 1.22 bits per heavy atom. The number of fused-ring (bicyclic) bond motifs is 2. The maximum absolute atomic E-state index is 14.0. The van der Waals surface area contributed by atoms with E-state index in [0.717, 1.165) is 17.8 Å². The predicted molar refractivity (Wildman–Crippen MR) is 117 cm³/mol. The first-order valence-corrected chi connectivity index (χ1v) is 10.9. The van der Waals surface area contributed by atoms with Gasteiger partial charge < -0.3 is 19.9 Å². The number of benzene rings is 1. The number of phenolic OH excluding ortho intramolecular Hbond substituents is 1. The molecule has 5 rings (SSSR count). The number of nitrogens with one attached hydrogen (secondary N) is 1. The lowest BCUT2D eigenvalue weighted by Gasteiger charge is -2.36. The van der Waals surface area contributed by atoms with E-state index in [4.69, 9.17) is 0 Å².